The minimum atomic E-state index is -1.44. The number of urea groups is 1. The van der Waals surface area contributed by atoms with Crippen molar-refractivity contribution in [2.45, 2.75) is 31.0 Å². The lowest BCUT2D eigenvalue weighted by Crippen LogP contribution is -2.58. The van der Waals surface area contributed by atoms with Crippen molar-refractivity contribution in [2.24, 2.45) is 5.73 Å². The highest BCUT2D eigenvalue weighted by molar-refractivity contribution is 5.93. The summed E-state index contributed by atoms with van der Waals surface area (Å²) in [6, 6.07) is -3.35. The second kappa shape index (κ2) is 9.39. The molecule has 0 bridgehead atoms. The number of carboxylic acids is 1. The molecule has 0 spiro atoms. The first-order valence-electron chi connectivity index (χ1n) is 7.26. The highest BCUT2D eigenvalue weighted by Crippen LogP contribution is 2.05. The van der Waals surface area contributed by atoms with Crippen molar-refractivity contribution in [3.8, 4) is 0 Å². The Kier molecular flexibility index (Phi) is 7.55. The summed E-state index contributed by atoms with van der Waals surface area (Å²) >= 11 is 0. The Hall–Kier alpha value is -2.93. The summed E-state index contributed by atoms with van der Waals surface area (Å²) < 4.78 is 0. The molecule has 0 aromatic rings. The van der Waals surface area contributed by atoms with Crippen molar-refractivity contribution >= 4 is 29.7 Å². The molecule has 1 heterocycles. The molecule has 1 saturated heterocycles. The van der Waals surface area contributed by atoms with E-state index in [1.807, 2.05) is 10.7 Å². The molecule has 0 radical (unpaired) electrons. The third-order valence-electron chi connectivity index (χ3n) is 3.21. The van der Waals surface area contributed by atoms with Crippen LogP contribution in [0.2, 0.25) is 0 Å². The van der Waals surface area contributed by atoms with E-state index in [9.17, 15) is 29.1 Å². The van der Waals surface area contributed by atoms with Crippen LogP contribution in [0.4, 0.5) is 4.79 Å². The van der Waals surface area contributed by atoms with Gasteiger partial charge in [0.15, 0.2) is 0 Å². The summed E-state index contributed by atoms with van der Waals surface area (Å²) in [5, 5.41) is 24.8. The molecule has 0 aromatic heterocycles. The third-order valence-corrected chi connectivity index (χ3v) is 3.21. The fraction of sp³-hybridized carbons (Fsp3) is 0.583. The lowest BCUT2D eigenvalue weighted by atomic mass is 10.1. The molecule has 1 aliphatic rings. The number of hydrogen-bond acceptors (Lipinski definition) is 7. The molecule has 0 aliphatic carbocycles. The minimum absolute atomic E-state index is 0.377. The number of aliphatic hydroxyl groups is 1. The standard InChI is InChI=1S/C12H20N6O7/c13-7(20)3-5(16-12(25)15-4-8(21)22)10(23)17-18-11(24)9-6(19)1-2-14-9/h5-6,9,14,19H,1-4H2,(H2,13,20)(H,17,23)(H,18,24)(H,21,22)(H2,15,16,25). The average molecular weight is 360 g/mol. The third kappa shape index (κ3) is 7.01. The fourth-order valence-electron chi connectivity index (χ4n) is 2.02. The number of carbonyl (C=O) groups excluding carboxylic acids is 4. The summed E-state index contributed by atoms with van der Waals surface area (Å²) in [5.41, 5.74) is 9.04. The van der Waals surface area contributed by atoms with E-state index in [1.54, 1.807) is 0 Å². The fourth-order valence-corrected chi connectivity index (χ4v) is 2.02. The van der Waals surface area contributed by atoms with Crippen molar-refractivity contribution in [3.63, 3.8) is 0 Å². The first kappa shape index (κ1) is 20.1. The topological polar surface area (TPSA) is 212 Å². The molecule has 1 fully saturated rings. The minimum Gasteiger partial charge on any atom is -0.480 e. The number of aliphatic carboxylic acids is 1. The highest BCUT2D eigenvalue weighted by atomic mass is 16.4. The number of hydrogen-bond donors (Lipinski definition) is 8. The van der Waals surface area contributed by atoms with Crippen LogP contribution in [0.1, 0.15) is 12.8 Å². The molecule has 9 N–H and O–H groups in total. The van der Waals surface area contributed by atoms with Crippen LogP contribution in [-0.4, -0.2) is 71.2 Å². The van der Waals surface area contributed by atoms with Crippen LogP contribution in [0.15, 0.2) is 0 Å². The average Bonchev–Trinajstić information content (AvgIpc) is 2.95. The van der Waals surface area contributed by atoms with Crippen molar-refractivity contribution < 1.29 is 34.2 Å². The summed E-state index contributed by atoms with van der Waals surface area (Å²) in [6.07, 6.45) is -1.10. The molecular weight excluding hydrogens is 340 g/mol. The van der Waals surface area contributed by atoms with Crippen LogP contribution >= 0.6 is 0 Å². The Bertz CT molecular complexity index is 554. The Morgan fingerprint density at radius 2 is 1.88 bits per heavy atom. The van der Waals surface area contributed by atoms with Gasteiger partial charge < -0.3 is 31.9 Å². The predicted octanol–water partition coefficient (Wildman–Crippen LogP) is -4.52. The molecule has 5 amide bonds. The Balaban J connectivity index is 2.54. The van der Waals surface area contributed by atoms with Crippen LogP contribution in [0, 0.1) is 0 Å². The number of amides is 5. The van der Waals surface area contributed by atoms with Gasteiger partial charge in [-0.2, -0.15) is 0 Å². The second-order valence-electron chi connectivity index (χ2n) is 5.21. The predicted molar refractivity (Wildman–Crippen MR) is 80.5 cm³/mol. The van der Waals surface area contributed by atoms with Crippen molar-refractivity contribution in [3.05, 3.63) is 0 Å². The Labute approximate surface area is 141 Å². The van der Waals surface area contributed by atoms with Gasteiger partial charge in [-0.05, 0) is 13.0 Å². The SMILES string of the molecule is NC(=O)CC(NC(=O)NCC(=O)O)C(=O)NNC(=O)C1NCCC1O. The molecule has 3 atom stereocenters. The normalized spacial score (nSPS) is 20.2. The van der Waals surface area contributed by atoms with Gasteiger partial charge in [0.1, 0.15) is 18.6 Å². The van der Waals surface area contributed by atoms with Crippen molar-refractivity contribution in [1.82, 2.24) is 26.8 Å². The van der Waals surface area contributed by atoms with Gasteiger partial charge >= 0.3 is 12.0 Å². The summed E-state index contributed by atoms with van der Waals surface area (Å²) in [6.45, 7) is -0.262. The van der Waals surface area contributed by atoms with E-state index in [2.05, 4.69) is 16.1 Å². The zero-order chi connectivity index (χ0) is 19.0. The maximum absolute atomic E-state index is 12.0. The van der Waals surface area contributed by atoms with E-state index < -0.39 is 60.9 Å². The van der Waals surface area contributed by atoms with Gasteiger partial charge in [-0.25, -0.2) is 4.79 Å². The Morgan fingerprint density at radius 3 is 2.40 bits per heavy atom. The molecule has 25 heavy (non-hydrogen) atoms. The molecule has 1 aliphatic heterocycles. The monoisotopic (exact) mass is 360 g/mol. The molecular formula is C12H20N6O7. The number of aliphatic hydroxyl groups excluding tert-OH is 1. The van der Waals surface area contributed by atoms with Crippen LogP contribution in [0.3, 0.4) is 0 Å². The number of carbonyl (C=O) groups is 5. The quantitative estimate of drug-likeness (QED) is 0.207. The van der Waals surface area contributed by atoms with Gasteiger partial charge in [0, 0.05) is 0 Å². The van der Waals surface area contributed by atoms with E-state index >= 15 is 0 Å². The number of rotatable bonds is 7. The number of nitrogens with one attached hydrogen (secondary N) is 5. The van der Waals surface area contributed by atoms with Crippen LogP contribution in [-0.2, 0) is 19.2 Å². The van der Waals surface area contributed by atoms with Crippen LogP contribution < -0.4 is 32.5 Å². The van der Waals surface area contributed by atoms with E-state index in [4.69, 9.17) is 10.8 Å². The first-order chi connectivity index (χ1) is 11.7. The molecule has 13 nitrogen and oxygen atoms in total. The molecule has 1 rings (SSSR count). The zero-order valence-electron chi connectivity index (χ0n) is 13.1. The van der Waals surface area contributed by atoms with Gasteiger partial charge in [-0.15, -0.1) is 0 Å². The maximum atomic E-state index is 12.0. The van der Waals surface area contributed by atoms with E-state index in [-0.39, 0.29) is 0 Å². The lowest BCUT2D eigenvalue weighted by molar-refractivity contribution is -0.135. The van der Waals surface area contributed by atoms with Crippen molar-refractivity contribution in [2.75, 3.05) is 13.1 Å². The van der Waals surface area contributed by atoms with Crippen LogP contribution in [0.5, 0.6) is 0 Å². The summed E-state index contributed by atoms with van der Waals surface area (Å²) in [4.78, 5) is 56.6. The van der Waals surface area contributed by atoms with Crippen molar-refractivity contribution in [1.29, 1.82) is 0 Å². The number of nitrogens with two attached hydrogens (primary N) is 1. The highest BCUT2D eigenvalue weighted by Gasteiger charge is 2.32. The molecule has 140 valence electrons. The number of carboxylic acid groups (broad SMARTS) is 1. The van der Waals surface area contributed by atoms with E-state index in [0.29, 0.717) is 13.0 Å². The van der Waals surface area contributed by atoms with Gasteiger partial charge in [0.05, 0.1) is 12.5 Å². The maximum Gasteiger partial charge on any atom is 0.323 e. The van der Waals surface area contributed by atoms with Gasteiger partial charge in [0.2, 0.25) is 5.91 Å². The molecule has 0 saturated carbocycles. The van der Waals surface area contributed by atoms with Crippen LogP contribution in [0.25, 0.3) is 0 Å². The van der Waals surface area contributed by atoms with E-state index in [1.165, 1.54) is 0 Å². The smallest absolute Gasteiger partial charge is 0.323 e. The number of hydrazine groups is 1. The molecule has 0 aromatic carbocycles. The second-order valence-corrected chi connectivity index (χ2v) is 5.21. The summed E-state index contributed by atoms with van der Waals surface area (Å²) in [7, 11) is 0. The molecule has 3 unspecified atom stereocenters. The Morgan fingerprint density at radius 1 is 1.20 bits per heavy atom. The number of primary amides is 1. The summed E-state index contributed by atoms with van der Waals surface area (Å²) in [5.74, 6) is -3.87. The lowest BCUT2D eigenvalue weighted by Gasteiger charge is -2.19. The van der Waals surface area contributed by atoms with Gasteiger partial charge in [-0.3, -0.25) is 30.0 Å². The van der Waals surface area contributed by atoms with E-state index in [0.717, 1.165) is 0 Å². The largest absolute Gasteiger partial charge is 0.480 e. The van der Waals surface area contributed by atoms with Gasteiger partial charge in [-0.1, -0.05) is 0 Å². The zero-order valence-corrected chi connectivity index (χ0v) is 13.1. The van der Waals surface area contributed by atoms with Gasteiger partial charge in [0.25, 0.3) is 11.8 Å². The first-order valence-corrected chi connectivity index (χ1v) is 7.26. The molecule has 13 heteroatoms.